The van der Waals surface area contributed by atoms with Gasteiger partial charge < -0.3 is 0 Å². The lowest BCUT2D eigenvalue weighted by Crippen LogP contribution is -1.88. The van der Waals surface area contributed by atoms with E-state index in [0.29, 0.717) is 29.3 Å². The van der Waals surface area contributed by atoms with Crippen molar-refractivity contribution in [2.75, 3.05) is 6.54 Å². The van der Waals surface area contributed by atoms with Gasteiger partial charge >= 0.3 is 0 Å². The number of benzene rings is 1. The van der Waals surface area contributed by atoms with Crippen molar-refractivity contribution in [2.24, 2.45) is 5.11 Å². The van der Waals surface area contributed by atoms with E-state index < -0.39 is 0 Å². The van der Waals surface area contributed by atoms with Crippen LogP contribution in [0.4, 0.5) is 0 Å². The minimum Gasteiger partial charge on any atom is -0.298 e. The van der Waals surface area contributed by atoms with Crippen molar-refractivity contribution in [1.29, 1.82) is 0 Å². The summed E-state index contributed by atoms with van der Waals surface area (Å²) in [6.07, 6.45) is 1.29. The molecule has 0 amide bonds. The molecule has 0 radical (unpaired) electrons. The second-order valence-corrected chi connectivity index (χ2v) is 2.81. The Balaban J connectivity index is 3.01. The molecule has 16 heavy (non-hydrogen) atoms. The lowest BCUT2D eigenvalue weighted by Gasteiger charge is -1.95. The van der Waals surface area contributed by atoms with Gasteiger partial charge in [-0.1, -0.05) is 17.0 Å². The SMILES string of the molecule is [N-]=[N+]=NCC#Cc1cc(C=O)cc(C=O)c1. The first-order valence-electron chi connectivity index (χ1n) is 4.35. The maximum atomic E-state index is 10.6. The molecule has 0 saturated heterocycles. The van der Waals surface area contributed by atoms with E-state index in [1.165, 1.54) is 6.07 Å². The third kappa shape index (κ3) is 3.29. The van der Waals surface area contributed by atoms with E-state index in [4.69, 9.17) is 5.53 Å². The minimum atomic E-state index is 0.0538. The molecule has 0 unspecified atom stereocenters. The maximum Gasteiger partial charge on any atom is 0.150 e. The highest BCUT2D eigenvalue weighted by atomic mass is 16.1. The van der Waals surface area contributed by atoms with Crippen LogP contribution in [-0.4, -0.2) is 19.1 Å². The quantitative estimate of drug-likeness (QED) is 0.253. The number of hydrogen-bond acceptors (Lipinski definition) is 3. The number of hydrogen-bond donors (Lipinski definition) is 0. The van der Waals surface area contributed by atoms with E-state index in [1.54, 1.807) is 12.1 Å². The van der Waals surface area contributed by atoms with Crippen LogP contribution in [0.15, 0.2) is 23.3 Å². The predicted molar refractivity (Wildman–Crippen MR) is 58.1 cm³/mol. The van der Waals surface area contributed by atoms with Crippen LogP contribution in [-0.2, 0) is 0 Å². The molecule has 78 valence electrons. The molecule has 0 N–H and O–H groups in total. The Hall–Kier alpha value is -2.57. The minimum absolute atomic E-state index is 0.0538. The number of carbonyl (C=O) groups is 2. The zero-order valence-electron chi connectivity index (χ0n) is 8.25. The molecule has 0 atom stereocenters. The van der Waals surface area contributed by atoms with E-state index in [1.807, 2.05) is 0 Å². The van der Waals surface area contributed by atoms with Gasteiger partial charge in [0.05, 0.1) is 6.54 Å². The molecule has 0 bridgehead atoms. The third-order valence-corrected chi connectivity index (χ3v) is 1.70. The Kier molecular flexibility index (Phi) is 4.33. The van der Waals surface area contributed by atoms with Crippen molar-refractivity contribution in [2.45, 2.75) is 0 Å². The molecule has 1 rings (SSSR count). The van der Waals surface area contributed by atoms with E-state index in [2.05, 4.69) is 21.9 Å². The van der Waals surface area contributed by atoms with Crippen molar-refractivity contribution in [3.05, 3.63) is 45.3 Å². The van der Waals surface area contributed by atoms with Crippen LogP contribution < -0.4 is 0 Å². The first-order valence-corrected chi connectivity index (χ1v) is 4.35. The molecule has 5 heteroatoms. The van der Waals surface area contributed by atoms with Crippen LogP contribution in [0.2, 0.25) is 0 Å². The average molecular weight is 213 g/mol. The van der Waals surface area contributed by atoms with E-state index in [-0.39, 0.29) is 6.54 Å². The van der Waals surface area contributed by atoms with Gasteiger partial charge in [-0.05, 0) is 23.7 Å². The largest absolute Gasteiger partial charge is 0.298 e. The monoisotopic (exact) mass is 213 g/mol. The summed E-state index contributed by atoms with van der Waals surface area (Å²) >= 11 is 0. The molecule has 1 aromatic carbocycles. The molecule has 0 heterocycles. The van der Waals surface area contributed by atoms with Gasteiger partial charge in [-0.25, -0.2) is 0 Å². The lowest BCUT2D eigenvalue weighted by molar-refractivity contribution is 0.112. The summed E-state index contributed by atoms with van der Waals surface area (Å²) in [5, 5.41) is 3.24. The lowest BCUT2D eigenvalue weighted by atomic mass is 10.1. The Labute approximate surface area is 91.7 Å². The Morgan fingerprint density at radius 3 is 2.38 bits per heavy atom. The molecule has 0 fully saturated rings. The Morgan fingerprint density at radius 1 is 1.25 bits per heavy atom. The Morgan fingerprint density at radius 2 is 1.88 bits per heavy atom. The molecular formula is C11H7N3O2. The van der Waals surface area contributed by atoms with Crippen molar-refractivity contribution in [3.8, 4) is 11.8 Å². The van der Waals surface area contributed by atoms with Crippen molar-refractivity contribution < 1.29 is 9.59 Å². The second-order valence-electron chi connectivity index (χ2n) is 2.81. The van der Waals surface area contributed by atoms with Gasteiger partial charge in [-0.3, -0.25) is 9.59 Å². The number of carbonyl (C=O) groups excluding carboxylic acids is 2. The summed E-state index contributed by atoms with van der Waals surface area (Å²) in [4.78, 5) is 23.7. The third-order valence-electron chi connectivity index (χ3n) is 1.70. The van der Waals surface area contributed by atoms with E-state index in [0.717, 1.165) is 0 Å². The summed E-state index contributed by atoms with van der Waals surface area (Å²) in [7, 11) is 0. The molecule has 0 aliphatic heterocycles. The van der Waals surface area contributed by atoms with Gasteiger partial charge in [0.2, 0.25) is 0 Å². The zero-order valence-corrected chi connectivity index (χ0v) is 8.25. The van der Waals surface area contributed by atoms with Crippen LogP contribution in [0.3, 0.4) is 0 Å². The van der Waals surface area contributed by atoms with Crippen LogP contribution in [0.5, 0.6) is 0 Å². The first-order chi connectivity index (χ1) is 7.80. The summed E-state index contributed by atoms with van der Waals surface area (Å²) in [5.41, 5.74) is 9.34. The van der Waals surface area contributed by atoms with E-state index >= 15 is 0 Å². The Bertz CT molecular complexity index is 494. The summed E-state index contributed by atoms with van der Waals surface area (Å²) < 4.78 is 0. The zero-order chi connectivity index (χ0) is 11.8. The van der Waals surface area contributed by atoms with Gasteiger partial charge in [0.25, 0.3) is 0 Å². The van der Waals surface area contributed by atoms with Crippen molar-refractivity contribution >= 4 is 12.6 Å². The maximum absolute atomic E-state index is 10.6. The molecule has 0 spiro atoms. The summed E-state index contributed by atoms with van der Waals surface area (Å²) in [6.45, 7) is 0.0538. The van der Waals surface area contributed by atoms with Gasteiger partial charge in [0.15, 0.2) is 0 Å². The fourth-order valence-corrected chi connectivity index (χ4v) is 1.09. The highest BCUT2D eigenvalue weighted by molar-refractivity contribution is 5.83. The predicted octanol–water partition coefficient (Wildman–Crippen LogP) is 1.97. The smallest absolute Gasteiger partial charge is 0.150 e. The van der Waals surface area contributed by atoms with Crippen LogP contribution >= 0.6 is 0 Å². The van der Waals surface area contributed by atoms with Crippen LogP contribution in [0.1, 0.15) is 26.3 Å². The molecule has 0 aromatic heterocycles. The summed E-state index contributed by atoms with van der Waals surface area (Å²) in [6, 6.07) is 4.59. The number of azide groups is 1. The second kappa shape index (κ2) is 6.02. The van der Waals surface area contributed by atoms with Crippen LogP contribution in [0, 0.1) is 11.8 Å². The molecule has 0 saturated carbocycles. The number of rotatable bonds is 3. The molecule has 5 nitrogen and oxygen atoms in total. The van der Waals surface area contributed by atoms with Gasteiger partial charge in [-0.15, -0.1) is 0 Å². The van der Waals surface area contributed by atoms with Crippen LogP contribution in [0.25, 0.3) is 10.4 Å². The standard InChI is InChI=1S/C11H7N3O2/c12-14-13-3-1-2-9-4-10(7-15)6-11(5-9)8-16/h4-8H,3H2. The first kappa shape index (κ1) is 11.5. The summed E-state index contributed by atoms with van der Waals surface area (Å²) in [5.74, 6) is 5.30. The number of aldehydes is 2. The van der Waals surface area contributed by atoms with Gasteiger partial charge in [0, 0.05) is 21.6 Å². The topological polar surface area (TPSA) is 82.9 Å². The molecular weight excluding hydrogens is 206 g/mol. The highest BCUT2D eigenvalue weighted by Gasteiger charge is 1.97. The average Bonchev–Trinajstić information content (AvgIpc) is 2.34. The molecule has 0 aliphatic carbocycles. The van der Waals surface area contributed by atoms with Gasteiger partial charge in [-0.2, -0.15) is 0 Å². The fourth-order valence-electron chi connectivity index (χ4n) is 1.09. The normalized spacial score (nSPS) is 8.25. The van der Waals surface area contributed by atoms with Crippen molar-refractivity contribution in [3.63, 3.8) is 0 Å². The number of nitrogens with zero attached hydrogens (tertiary/aromatic N) is 3. The molecule has 0 aliphatic rings. The van der Waals surface area contributed by atoms with Gasteiger partial charge in [0.1, 0.15) is 12.6 Å². The van der Waals surface area contributed by atoms with Crippen molar-refractivity contribution in [1.82, 2.24) is 0 Å². The fraction of sp³-hybridized carbons (Fsp3) is 0.0909. The highest BCUT2D eigenvalue weighted by Crippen LogP contribution is 2.06. The molecule has 1 aromatic rings. The van der Waals surface area contributed by atoms with E-state index in [9.17, 15) is 9.59 Å².